The molecule has 2 N–H and O–H groups in total. The maximum Gasteiger partial charge on any atom is 0.305 e. The maximum atomic E-state index is 11.8. The van der Waals surface area contributed by atoms with E-state index in [0.717, 1.165) is 48.9 Å². The van der Waals surface area contributed by atoms with Crippen molar-refractivity contribution in [2.45, 2.75) is 6.54 Å². The second-order valence-corrected chi connectivity index (χ2v) is 6.85. The second kappa shape index (κ2) is 6.50. The fourth-order valence-corrected chi connectivity index (χ4v) is 3.62. The number of H-pyrrole nitrogens is 1. The van der Waals surface area contributed by atoms with E-state index in [9.17, 15) is 4.79 Å². The topological polar surface area (TPSA) is 48.1 Å². The summed E-state index contributed by atoms with van der Waals surface area (Å²) in [5, 5.41) is 4.34. The van der Waals surface area contributed by atoms with E-state index in [4.69, 9.17) is 23.2 Å². The van der Waals surface area contributed by atoms with Crippen molar-refractivity contribution in [2.24, 2.45) is 0 Å². The van der Waals surface area contributed by atoms with Gasteiger partial charge in [-0.3, -0.25) is 9.69 Å². The van der Waals surface area contributed by atoms with E-state index in [1.54, 1.807) is 12.1 Å². The molecule has 112 valence electrons. The summed E-state index contributed by atoms with van der Waals surface area (Å²) in [5.74, 6) is 0. The van der Waals surface area contributed by atoms with Crippen LogP contribution in [0, 0.1) is 0 Å². The summed E-state index contributed by atoms with van der Waals surface area (Å²) >= 11 is 13.3. The number of hydrogen-bond donors (Lipinski definition) is 2. The van der Waals surface area contributed by atoms with Gasteiger partial charge in [-0.2, -0.15) is 0 Å². The van der Waals surface area contributed by atoms with Crippen LogP contribution in [0.2, 0.25) is 10.0 Å². The zero-order valence-corrected chi connectivity index (χ0v) is 13.6. The Bertz CT molecular complexity index is 692. The van der Waals surface area contributed by atoms with E-state index in [-0.39, 0.29) is 4.87 Å². The Morgan fingerprint density at radius 1 is 1.19 bits per heavy atom. The van der Waals surface area contributed by atoms with Crippen LogP contribution in [0.1, 0.15) is 4.88 Å². The van der Waals surface area contributed by atoms with Gasteiger partial charge in [-0.1, -0.05) is 40.6 Å². The zero-order valence-electron chi connectivity index (χ0n) is 11.3. The van der Waals surface area contributed by atoms with Crippen molar-refractivity contribution >= 4 is 34.5 Å². The summed E-state index contributed by atoms with van der Waals surface area (Å²) in [6.45, 7) is 4.74. The molecule has 0 amide bonds. The summed E-state index contributed by atoms with van der Waals surface area (Å²) in [4.78, 5) is 18.0. The van der Waals surface area contributed by atoms with E-state index in [1.807, 2.05) is 6.07 Å². The van der Waals surface area contributed by atoms with Crippen molar-refractivity contribution in [1.29, 1.82) is 0 Å². The van der Waals surface area contributed by atoms with Crippen LogP contribution in [0.5, 0.6) is 0 Å². The fraction of sp³-hybridized carbons (Fsp3) is 0.357. The largest absolute Gasteiger partial charge is 0.314 e. The van der Waals surface area contributed by atoms with Crippen LogP contribution in [0.25, 0.3) is 11.3 Å². The van der Waals surface area contributed by atoms with Gasteiger partial charge in [0.05, 0.1) is 15.7 Å². The standard InChI is InChI=1S/C14H15Cl2N3OS/c15-10-2-1-9(7-11(10)16)13-12(21-14(20)18-13)8-19-5-3-17-4-6-19/h1-2,7,17H,3-6,8H2,(H,18,20). The first-order valence-corrected chi connectivity index (χ1v) is 8.31. The Labute approximate surface area is 136 Å². The Morgan fingerprint density at radius 3 is 2.67 bits per heavy atom. The van der Waals surface area contributed by atoms with Gasteiger partial charge in [0.15, 0.2) is 0 Å². The molecule has 2 heterocycles. The van der Waals surface area contributed by atoms with Gasteiger partial charge in [-0.25, -0.2) is 0 Å². The number of aromatic nitrogens is 1. The summed E-state index contributed by atoms with van der Waals surface area (Å²) in [6, 6.07) is 5.43. The molecule has 0 radical (unpaired) electrons. The van der Waals surface area contributed by atoms with Gasteiger partial charge in [0, 0.05) is 43.2 Å². The highest BCUT2D eigenvalue weighted by Gasteiger charge is 2.16. The average Bonchev–Trinajstić information content (AvgIpc) is 2.84. The van der Waals surface area contributed by atoms with Crippen LogP contribution in [-0.2, 0) is 6.54 Å². The molecule has 1 aromatic carbocycles. The maximum absolute atomic E-state index is 11.8. The Morgan fingerprint density at radius 2 is 1.95 bits per heavy atom. The van der Waals surface area contributed by atoms with Crippen LogP contribution >= 0.6 is 34.5 Å². The molecule has 0 atom stereocenters. The van der Waals surface area contributed by atoms with Gasteiger partial charge in [0.2, 0.25) is 0 Å². The van der Waals surface area contributed by atoms with E-state index in [1.165, 1.54) is 11.3 Å². The number of halogens is 2. The molecule has 0 unspecified atom stereocenters. The van der Waals surface area contributed by atoms with E-state index < -0.39 is 0 Å². The molecule has 0 aliphatic carbocycles. The molecule has 1 fully saturated rings. The van der Waals surface area contributed by atoms with Crippen molar-refractivity contribution in [3.8, 4) is 11.3 Å². The molecule has 1 aliphatic heterocycles. The third kappa shape index (κ3) is 3.49. The van der Waals surface area contributed by atoms with Gasteiger partial charge in [0.25, 0.3) is 0 Å². The molecule has 0 spiro atoms. The lowest BCUT2D eigenvalue weighted by Crippen LogP contribution is -2.42. The number of thiazole rings is 1. The highest BCUT2D eigenvalue weighted by atomic mass is 35.5. The highest BCUT2D eigenvalue weighted by molar-refractivity contribution is 7.09. The predicted molar refractivity (Wildman–Crippen MR) is 88.5 cm³/mol. The number of benzene rings is 1. The Kier molecular flexibility index (Phi) is 4.66. The van der Waals surface area contributed by atoms with Crippen LogP contribution in [-0.4, -0.2) is 36.1 Å². The molecule has 0 bridgehead atoms. The Balaban J connectivity index is 1.91. The quantitative estimate of drug-likeness (QED) is 0.900. The number of rotatable bonds is 3. The van der Waals surface area contributed by atoms with Crippen LogP contribution in [0.3, 0.4) is 0 Å². The van der Waals surface area contributed by atoms with Crippen molar-refractivity contribution < 1.29 is 0 Å². The van der Waals surface area contributed by atoms with E-state index >= 15 is 0 Å². The van der Waals surface area contributed by atoms with Crippen molar-refractivity contribution in [3.63, 3.8) is 0 Å². The SMILES string of the molecule is O=c1[nH]c(-c2ccc(Cl)c(Cl)c2)c(CN2CCNCC2)s1. The molecular weight excluding hydrogens is 329 g/mol. The first-order valence-electron chi connectivity index (χ1n) is 6.74. The van der Waals surface area contributed by atoms with Crippen molar-refractivity contribution in [1.82, 2.24) is 15.2 Å². The molecule has 1 aromatic heterocycles. The summed E-state index contributed by atoms with van der Waals surface area (Å²) in [6.07, 6.45) is 0. The summed E-state index contributed by atoms with van der Waals surface area (Å²) in [7, 11) is 0. The molecule has 21 heavy (non-hydrogen) atoms. The van der Waals surface area contributed by atoms with Crippen LogP contribution in [0.4, 0.5) is 0 Å². The second-order valence-electron chi connectivity index (χ2n) is 4.97. The first-order chi connectivity index (χ1) is 10.1. The molecule has 7 heteroatoms. The van der Waals surface area contributed by atoms with Gasteiger partial charge >= 0.3 is 4.87 Å². The van der Waals surface area contributed by atoms with Crippen LogP contribution < -0.4 is 10.2 Å². The van der Waals surface area contributed by atoms with Gasteiger partial charge in [-0.15, -0.1) is 0 Å². The van der Waals surface area contributed by atoms with Gasteiger partial charge in [-0.05, 0) is 12.1 Å². The summed E-state index contributed by atoms with van der Waals surface area (Å²) in [5.41, 5.74) is 1.75. The minimum absolute atomic E-state index is 0.0405. The highest BCUT2D eigenvalue weighted by Crippen LogP contribution is 2.30. The van der Waals surface area contributed by atoms with E-state index in [0.29, 0.717) is 10.0 Å². The third-order valence-corrected chi connectivity index (χ3v) is 5.11. The minimum Gasteiger partial charge on any atom is -0.314 e. The zero-order chi connectivity index (χ0) is 14.8. The number of nitrogens with one attached hydrogen (secondary N) is 2. The number of nitrogens with zero attached hydrogens (tertiary/aromatic N) is 1. The van der Waals surface area contributed by atoms with Crippen molar-refractivity contribution in [3.05, 3.63) is 42.8 Å². The van der Waals surface area contributed by atoms with Gasteiger partial charge < -0.3 is 10.3 Å². The van der Waals surface area contributed by atoms with Gasteiger partial charge in [0.1, 0.15) is 0 Å². The van der Waals surface area contributed by atoms with Crippen LogP contribution in [0.15, 0.2) is 23.0 Å². The predicted octanol–water partition coefficient (Wildman–Crippen LogP) is 2.82. The Hall–Kier alpha value is -0.850. The molecule has 4 nitrogen and oxygen atoms in total. The molecule has 3 rings (SSSR count). The smallest absolute Gasteiger partial charge is 0.305 e. The normalized spacial score (nSPS) is 16.3. The lowest BCUT2D eigenvalue weighted by Gasteiger charge is -2.26. The molecular formula is C14H15Cl2N3OS. The molecule has 1 saturated heterocycles. The van der Waals surface area contributed by atoms with Crippen molar-refractivity contribution in [2.75, 3.05) is 26.2 Å². The van der Waals surface area contributed by atoms with E-state index in [2.05, 4.69) is 15.2 Å². The number of aromatic amines is 1. The molecule has 0 saturated carbocycles. The summed E-state index contributed by atoms with van der Waals surface area (Å²) < 4.78 is 0. The lowest BCUT2D eigenvalue weighted by atomic mass is 10.1. The molecule has 2 aromatic rings. The average molecular weight is 344 g/mol. The number of piperazine rings is 1. The first kappa shape index (κ1) is 15.1. The third-order valence-electron chi connectivity index (χ3n) is 3.51. The minimum atomic E-state index is -0.0405. The monoisotopic (exact) mass is 343 g/mol. The molecule has 1 aliphatic rings. The lowest BCUT2D eigenvalue weighted by molar-refractivity contribution is 0.235. The fourth-order valence-electron chi connectivity index (χ4n) is 2.43. The number of hydrogen-bond acceptors (Lipinski definition) is 4.